The van der Waals surface area contributed by atoms with Gasteiger partial charge in [-0.1, -0.05) is 293 Å². The van der Waals surface area contributed by atoms with Crippen molar-refractivity contribution in [2.75, 3.05) is 13.2 Å². The van der Waals surface area contributed by atoms with E-state index in [1.54, 1.807) is 0 Å². The van der Waals surface area contributed by atoms with Crippen LogP contribution in [0.25, 0.3) is 0 Å². The highest BCUT2D eigenvalue weighted by atomic mass is 16.6. The van der Waals surface area contributed by atoms with Crippen LogP contribution in [0, 0.1) is 0 Å². The number of carbonyl (C=O) groups is 3. The maximum atomic E-state index is 12.9. The van der Waals surface area contributed by atoms with Crippen LogP contribution >= 0.6 is 0 Å². The molecule has 0 spiro atoms. The number of hydrogen-bond acceptors (Lipinski definition) is 6. The Morgan fingerprint density at radius 3 is 0.805 bits per heavy atom. The van der Waals surface area contributed by atoms with E-state index in [9.17, 15) is 14.4 Å². The van der Waals surface area contributed by atoms with Crippen LogP contribution in [0.4, 0.5) is 0 Å². The fraction of sp³-hybridized carbons (Fsp3) is 0.817. The summed E-state index contributed by atoms with van der Waals surface area (Å²) in [5, 5.41) is 0. The number of esters is 3. The minimum absolute atomic E-state index is 0.0783. The summed E-state index contributed by atoms with van der Waals surface area (Å²) in [4.78, 5) is 38.4. The molecular formula is C71H128O6. The SMILES string of the molecule is CC/C=C\C/C=C\C/C=C\CCCCCCCCCC(=O)OC(COC(=O)CCCCCCC/C=C\CCCCCCCC)COC(=O)CCCCCCCCCCCCCCCCC/C=C\CCCCCCCCCC. The Morgan fingerprint density at radius 2 is 0.506 bits per heavy atom. The predicted octanol–water partition coefficient (Wildman–Crippen LogP) is 23.1. The van der Waals surface area contributed by atoms with Crippen molar-refractivity contribution in [3.63, 3.8) is 0 Å². The summed E-state index contributed by atoms with van der Waals surface area (Å²) in [6.45, 7) is 6.56. The van der Waals surface area contributed by atoms with Crippen LogP contribution in [0.2, 0.25) is 0 Å². The predicted molar refractivity (Wildman–Crippen MR) is 335 cm³/mol. The standard InChI is InChI=1S/C71H128O6/c1-4-7-10-13-16-19-22-25-28-30-31-32-33-34-35-36-37-38-39-41-43-46-49-52-55-58-61-64-70(73)76-67-68(66-75-69(72)63-60-57-54-51-48-45-42-27-24-21-18-15-12-9-6-3)77-71(74)65-62-59-56-53-50-47-44-40-29-26-23-20-17-14-11-8-5-2/h8,11,17,20,26-27,29-31,42,68H,4-7,9-10,12-16,18-19,21-25,28,32-41,43-67H2,1-3H3/b11-8-,20-17-,29-26-,31-30-,42-27-. The van der Waals surface area contributed by atoms with Gasteiger partial charge in [-0.2, -0.15) is 0 Å². The van der Waals surface area contributed by atoms with Gasteiger partial charge in [0.25, 0.3) is 0 Å². The first-order valence-corrected chi connectivity index (χ1v) is 33.8. The summed E-state index contributed by atoms with van der Waals surface area (Å²) in [7, 11) is 0. The summed E-state index contributed by atoms with van der Waals surface area (Å²) < 4.78 is 16.9. The van der Waals surface area contributed by atoms with E-state index in [0.717, 1.165) is 89.9 Å². The topological polar surface area (TPSA) is 78.9 Å². The van der Waals surface area contributed by atoms with Crippen LogP contribution in [-0.4, -0.2) is 37.2 Å². The summed E-state index contributed by atoms with van der Waals surface area (Å²) in [6.07, 6.45) is 83.8. The first-order valence-electron chi connectivity index (χ1n) is 33.8. The Balaban J connectivity index is 4.26. The van der Waals surface area contributed by atoms with Gasteiger partial charge in [0, 0.05) is 19.3 Å². The van der Waals surface area contributed by atoms with E-state index in [4.69, 9.17) is 14.2 Å². The normalized spacial score (nSPS) is 12.4. The van der Waals surface area contributed by atoms with E-state index < -0.39 is 6.10 Å². The Labute approximate surface area is 479 Å². The second-order valence-corrected chi connectivity index (χ2v) is 22.7. The van der Waals surface area contributed by atoms with Crippen molar-refractivity contribution in [1.29, 1.82) is 0 Å². The average molecular weight is 1080 g/mol. The second-order valence-electron chi connectivity index (χ2n) is 22.7. The zero-order valence-electron chi connectivity index (χ0n) is 51.5. The molecule has 448 valence electrons. The van der Waals surface area contributed by atoms with Crippen LogP contribution in [0.1, 0.15) is 355 Å². The van der Waals surface area contributed by atoms with Gasteiger partial charge in [0.05, 0.1) is 0 Å². The lowest BCUT2D eigenvalue weighted by molar-refractivity contribution is -0.167. The summed E-state index contributed by atoms with van der Waals surface area (Å²) in [5.74, 6) is -0.878. The van der Waals surface area contributed by atoms with Crippen molar-refractivity contribution >= 4 is 17.9 Å². The van der Waals surface area contributed by atoms with Crippen molar-refractivity contribution in [3.8, 4) is 0 Å². The zero-order valence-corrected chi connectivity index (χ0v) is 51.5. The van der Waals surface area contributed by atoms with Gasteiger partial charge in [0.15, 0.2) is 6.10 Å². The molecule has 0 heterocycles. The van der Waals surface area contributed by atoms with E-state index in [0.29, 0.717) is 19.3 Å². The minimum atomic E-state index is -0.783. The second kappa shape index (κ2) is 65.6. The van der Waals surface area contributed by atoms with E-state index >= 15 is 0 Å². The molecule has 0 aromatic heterocycles. The molecule has 0 rings (SSSR count). The van der Waals surface area contributed by atoms with Crippen LogP contribution in [0.3, 0.4) is 0 Å². The molecule has 0 aliphatic rings. The van der Waals surface area contributed by atoms with Crippen molar-refractivity contribution < 1.29 is 28.6 Å². The molecule has 0 fully saturated rings. The van der Waals surface area contributed by atoms with Crippen LogP contribution < -0.4 is 0 Å². The zero-order chi connectivity index (χ0) is 55.7. The number of allylic oxidation sites excluding steroid dienone is 10. The number of carbonyl (C=O) groups excluding carboxylic acids is 3. The lowest BCUT2D eigenvalue weighted by Crippen LogP contribution is -2.30. The summed E-state index contributed by atoms with van der Waals surface area (Å²) in [6, 6.07) is 0. The average Bonchev–Trinajstić information content (AvgIpc) is 3.43. The van der Waals surface area contributed by atoms with Gasteiger partial charge in [0.1, 0.15) is 13.2 Å². The molecule has 1 unspecified atom stereocenters. The van der Waals surface area contributed by atoms with E-state index in [2.05, 4.69) is 81.5 Å². The van der Waals surface area contributed by atoms with E-state index in [-0.39, 0.29) is 31.1 Å². The molecule has 0 aliphatic heterocycles. The number of rotatable bonds is 62. The maximum Gasteiger partial charge on any atom is 0.306 e. The highest BCUT2D eigenvalue weighted by Gasteiger charge is 2.19. The van der Waals surface area contributed by atoms with Crippen LogP contribution in [-0.2, 0) is 28.6 Å². The fourth-order valence-electron chi connectivity index (χ4n) is 9.92. The lowest BCUT2D eigenvalue weighted by Gasteiger charge is -2.18. The van der Waals surface area contributed by atoms with Crippen molar-refractivity contribution in [1.82, 2.24) is 0 Å². The maximum absolute atomic E-state index is 12.9. The van der Waals surface area contributed by atoms with Crippen LogP contribution in [0.5, 0.6) is 0 Å². The summed E-state index contributed by atoms with van der Waals surface area (Å²) in [5.41, 5.74) is 0. The third kappa shape index (κ3) is 63.8. The van der Waals surface area contributed by atoms with Gasteiger partial charge in [0.2, 0.25) is 0 Å². The number of ether oxygens (including phenoxy) is 3. The van der Waals surface area contributed by atoms with E-state index in [1.165, 1.54) is 225 Å². The Bertz CT molecular complexity index is 1380. The molecule has 1 atom stereocenters. The molecule has 0 aromatic carbocycles. The number of hydrogen-bond donors (Lipinski definition) is 0. The van der Waals surface area contributed by atoms with Gasteiger partial charge >= 0.3 is 17.9 Å². The molecule has 0 saturated carbocycles. The van der Waals surface area contributed by atoms with Crippen molar-refractivity contribution in [3.05, 3.63) is 60.8 Å². The Morgan fingerprint density at radius 1 is 0.273 bits per heavy atom. The number of unbranched alkanes of at least 4 members (excludes halogenated alkanes) is 41. The van der Waals surface area contributed by atoms with E-state index in [1.807, 2.05) is 0 Å². The molecule has 0 radical (unpaired) electrons. The monoisotopic (exact) mass is 1080 g/mol. The molecule has 0 amide bonds. The molecule has 0 aromatic rings. The van der Waals surface area contributed by atoms with Gasteiger partial charge < -0.3 is 14.2 Å². The van der Waals surface area contributed by atoms with Crippen molar-refractivity contribution in [2.45, 2.75) is 361 Å². The fourth-order valence-corrected chi connectivity index (χ4v) is 9.92. The quantitative estimate of drug-likeness (QED) is 0.0261. The molecule has 0 saturated heterocycles. The highest BCUT2D eigenvalue weighted by molar-refractivity contribution is 5.71. The van der Waals surface area contributed by atoms with Gasteiger partial charge in [-0.15, -0.1) is 0 Å². The third-order valence-electron chi connectivity index (χ3n) is 15.0. The van der Waals surface area contributed by atoms with Gasteiger partial charge in [-0.3, -0.25) is 14.4 Å². The summed E-state index contributed by atoms with van der Waals surface area (Å²) >= 11 is 0. The molecule has 0 bridgehead atoms. The van der Waals surface area contributed by atoms with Crippen LogP contribution in [0.15, 0.2) is 60.8 Å². The molecular weight excluding hydrogens is 949 g/mol. The first-order chi connectivity index (χ1) is 38.0. The third-order valence-corrected chi connectivity index (χ3v) is 15.0. The highest BCUT2D eigenvalue weighted by Crippen LogP contribution is 2.17. The largest absolute Gasteiger partial charge is 0.462 e. The van der Waals surface area contributed by atoms with Crippen molar-refractivity contribution in [2.24, 2.45) is 0 Å². The molecule has 0 aliphatic carbocycles. The Hall–Kier alpha value is -2.89. The molecule has 6 nitrogen and oxygen atoms in total. The molecule has 6 heteroatoms. The van der Waals surface area contributed by atoms with Gasteiger partial charge in [-0.25, -0.2) is 0 Å². The molecule has 77 heavy (non-hydrogen) atoms. The minimum Gasteiger partial charge on any atom is -0.462 e. The first kappa shape index (κ1) is 74.1. The molecule has 0 N–H and O–H groups in total. The Kier molecular flexibility index (Phi) is 63.2. The smallest absolute Gasteiger partial charge is 0.306 e. The lowest BCUT2D eigenvalue weighted by atomic mass is 10.0. The van der Waals surface area contributed by atoms with Gasteiger partial charge in [-0.05, 0) is 103 Å².